The number of benzene rings is 1. The average Bonchev–Trinajstić information content (AvgIpc) is 2.82. The van der Waals surface area contributed by atoms with Gasteiger partial charge in [0.05, 0.1) is 17.7 Å². The first-order valence-corrected chi connectivity index (χ1v) is 6.05. The molecule has 0 aliphatic carbocycles. The Labute approximate surface area is 105 Å². The van der Waals surface area contributed by atoms with Gasteiger partial charge in [-0.2, -0.15) is 0 Å². The SMILES string of the molecule is NC1CC(COc2ccc3ncccc3c2)NN1. The smallest absolute Gasteiger partial charge is 0.120 e. The van der Waals surface area contributed by atoms with Gasteiger partial charge in [0.2, 0.25) is 0 Å². The van der Waals surface area contributed by atoms with Gasteiger partial charge in [0.25, 0.3) is 0 Å². The van der Waals surface area contributed by atoms with Crippen molar-refractivity contribution in [3.8, 4) is 5.75 Å². The molecule has 0 saturated carbocycles. The number of nitrogens with zero attached hydrogens (tertiary/aromatic N) is 1. The van der Waals surface area contributed by atoms with Gasteiger partial charge in [0.15, 0.2) is 0 Å². The first kappa shape index (κ1) is 11.4. The lowest BCUT2D eigenvalue weighted by Gasteiger charge is -2.11. The maximum Gasteiger partial charge on any atom is 0.120 e. The van der Waals surface area contributed by atoms with E-state index >= 15 is 0 Å². The van der Waals surface area contributed by atoms with Crippen molar-refractivity contribution in [2.24, 2.45) is 5.73 Å². The van der Waals surface area contributed by atoms with Crippen LogP contribution in [0.5, 0.6) is 5.75 Å². The zero-order valence-electron chi connectivity index (χ0n) is 9.97. The quantitative estimate of drug-likeness (QED) is 0.743. The molecule has 0 spiro atoms. The fraction of sp³-hybridized carbons (Fsp3) is 0.308. The predicted octanol–water partition coefficient (Wildman–Crippen LogP) is 0.765. The third-order valence-corrected chi connectivity index (χ3v) is 3.04. The van der Waals surface area contributed by atoms with Gasteiger partial charge in [0.1, 0.15) is 12.4 Å². The summed E-state index contributed by atoms with van der Waals surface area (Å²) in [5.41, 5.74) is 12.8. The Bertz CT molecular complexity index is 545. The molecule has 2 atom stereocenters. The van der Waals surface area contributed by atoms with Crippen molar-refractivity contribution >= 4 is 10.9 Å². The van der Waals surface area contributed by atoms with Gasteiger partial charge in [-0.15, -0.1) is 0 Å². The Balaban J connectivity index is 1.67. The number of aromatic nitrogens is 1. The molecule has 3 rings (SSSR count). The predicted molar refractivity (Wildman–Crippen MR) is 69.9 cm³/mol. The van der Waals surface area contributed by atoms with Crippen LogP contribution in [-0.2, 0) is 0 Å². The molecule has 1 fully saturated rings. The molecule has 2 unspecified atom stereocenters. The first-order valence-electron chi connectivity index (χ1n) is 6.05. The number of pyridine rings is 1. The van der Waals surface area contributed by atoms with Crippen molar-refractivity contribution in [2.45, 2.75) is 18.6 Å². The zero-order chi connectivity index (χ0) is 12.4. The van der Waals surface area contributed by atoms with Crippen LogP contribution in [0.15, 0.2) is 36.5 Å². The number of ether oxygens (including phenoxy) is 1. The summed E-state index contributed by atoms with van der Waals surface area (Å²) in [4.78, 5) is 4.28. The van der Waals surface area contributed by atoms with Crippen LogP contribution >= 0.6 is 0 Å². The maximum absolute atomic E-state index is 5.76. The highest BCUT2D eigenvalue weighted by Gasteiger charge is 2.20. The fourth-order valence-corrected chi connectivity index (χ4v) is 2.10. The molecule has 1 aliphatic heterocycles. The van der Waals surface area contributed by atoms with E-state index in [1.54, 1.807) is 6.20 Å². The number of nitrogens with two attached hydrogens (primary N) is 1. The van der Waals surface area contributed by atoms with E-state index < -0.39 is 0 Å². The summed E-state index contributed by atoms with van der Waals surface area (Å²) in [6.45, 7) is 0.604. The van der Waals surface area contributed by atoms with Gasteiger partial charge in [-0.05, 0) is 30.7 Å². The minimum atomic E-state index is 0.0133. The molecule has 18 heavy (non-hydrogen) atoms. The third kappa shape index (κ3) is 2.43. The molecule has 1 saturated heterocycles. The molecule has 1 aromatic carbocycles. The largest absolute Gasteiger partial charge is 0.492 e. The number of hydrazine groups is 1. The van der Waals surface area contributed by atoms with Gasteiger partial charge in [0, 0.05) is 11.6 Å². The Morgan fingerprint density at radius 3 is 3.11 bits per heavy atom. The molecule has 1 aliphatic rings. The van der Waals surface area contributed by atoms with E-state index in [1.807, 2.05) is 30.3 Å². The lowest BCUT2D eigenvalue weighted by atomic mass is 10.2. The first-order chi connectivity index (χ1) is 8.81. The van der Waals surface area contributed by atoms with Crippen molar-refractivity contribution < 1.29 is 4.74 Å². The van der Waals surface area contributed by atoms with Crippen molar-refractivity contribution in [1.29, 1.82) is 0 Å². The minimum absolute atomic E-state index is 0.0133. The van der Waals surface area contributed by atoms with Crippen LogP contribution in [-0.4, -0.2) is 23.8 Å². The summed E-state index contributed by atoms with van der Waals surface area (Å²) < 4.78 is 5.76. The number of rotatable bonds is 3. The molecule has 0 bridgehead atoms. The fourth-order valence-electron chi connectivity index (χ4n) is 2.10. The Morgan fingerprint density at radius 2 is 2.28 bits per heavy atom. The monoisotopic (exact) mass is 244 g/mol. The van der Waals surface area contributed by atoms with Crippen LogP contribution < -0.4 is 21.3 Å². The molecule has 94 valence electrons. The molecule has 5 heteroatoms. The summed E-state index contributed by atoms with van der Waals surface area (Å²) in [7, 11) is 0. The topological polar surface area (TPSA) is 72.2 Å². The number of hydrogen-bond acceptors (Lipinski definition) is 5. The molecule has 1 aromatic heterocycles. The Hall–Kier alpha value is -1.69. The normalized spacial score (nSPS) is 23.4. The van der Waals surface area contributed by atoms with Crippen LogP contribution in [0.3, 0.4) is 0 Å². The summed E-state index contributed by atoms with van der Waals surface area (Å²) in [6.07, 6.45) is 2.67. The Kier molecular flexibility index (Phi) is 3.10. The second kappa shape index (κ2) is 4.89. The van der Waals surface area contributed by atoms with Gasteiger partial charge in [-0.3, -0.25) is 4.98 Å². The lowest BCUT2D eigenvalue weighted by molar-refractivity contribution is 0.273. The van der Waals surface area contributed by atoms with E-state index in [9.17, 15) is 0 Å². The minimum Gasteiger partial charge on any atom is -0.492 e. The third-order valence-electron chi connectivity index (χ3n) is 3.04. The van der Waals surface area contributed by atoms with E-state index in [-0.39, 0.29) is 12.2 Å². The molecule has 0 amide bonds. The molecular formula is C13H16N4O. The molecule has 4 N–H and O–H groups in total. The van der Waals surface area contributed by atoms with Crippen LogP contribution in [0.25, 0.3) is 10.9 Å². The summed E-state index contributed by atoms with van der Waals surface area (Å²) >= 11 is 0. The van der Waals surface area contributed by atoms with E-state index in [2.05, 4.69) is 15.8 Å². The standard InChI is InChI=1S/C13H16N4O/c14-13-7-10(16-17-13)8-18-11-3-4-12-9(6-11)2-1-5-15-12/h1-6,10,13,16-17H,7-8,14H2. The molecule has 2 aromatic rings. The highest BCUT2D eigenvalue weighted by molar-refractivity contribution is 5.79. The van der Waals surface area contributed by atoms with Crippen molar-refractivity contribution in [1.82, 2.24) is 15.8 Å². The number of fused-ring (bicyclic) bond motifs is 1. The Morgan fingerprint density at radius 1 is 1.33 bits per heavy atom. The van der Waals surface area contributed by atoms with Crippen molar-refractivity contribution in [3.63, 3.8) is 0 Å². The van der Waals surface area contributed by atoms with E-state index in [0.717, 1.165) is 23.1 Å². The van der Waals surface area contributed by atoms with Crippen LogP contribution in [0, 0.1) is 0 Å². The highest BCUT2D eigenvalue weighted by atomic mass is 16.5. The van der Waals surface area contributed by atoms with E-state index in [0.29, 0.717) is 6.61 Å². The average molecular weight is 244 g/mol. The molecular weight excluding hydrogens is 228 g/mol. The second-order valence-corrected chi connectivity index (χ2v) is 4.50. The molecule has 2 heterocycles. The van der Waals surface area contributed by atoms with Crippen LogP contribution in [0.4, 0.5) is 0 Å². The van der Waals surface area contributed by atoms with Gasteiger partial charge in [-0.1, -0.05) is 6.07 Å². The molecule has 5 nitrogen and oxygen atoms in total. The number of hydrogen-bond donors (Lipinski definition) is 3. The van der Waals surface area contributed by atoms with Gasteiger partial charge < -0.3 is 10.5 Å². The van der Waals surface area contributed by atoms with E-state index in [1.165, 1.54) is 0 Å². The van der Waals surface area contributed by atoms with Crippen LogP contribution in [0.2, 0.25) is 0 Å². The highest BCUT2D eigenvalue weighted by Crippen LogP contribution is 2.19. The molecule has 0 radical (unpaired) electrons. The summed E-state index contributed by atoms with van der Waals surface area (Å²) in [5.74, 6) is 0.859. The summed E-state index contributed by atoms with van der Waals surface area (Å²) in [5, 5.41) is 1.09. The summed E-state index contributed by atoms with van der Waals surface area (Å²) in [6, 6.07) is 10.1. The maximum atomic E-state index is 5.76. The zero-order valence-corrected chi connectivity index (χ0v) is 9.97. The van der Waals surface area contributed by atoms with Crippen molar-refractivity contribution in [3.05, 3.63) is 36.5 Å². The van der Waals surface area contributed by atoms with Gasteiger partial charge >= 0.3 is 0 Å². The second-order valence-electron chi connectivity index (χ2n) is 4.50. The van der Waals surface area contributed by atoms with Crippen LogP contribution in [0.1, 0.15) is 6.42 Å². The number of nitrogens with one attached hydrogen (secondary N) is 2. The van der Waals surface area contributed by atoms with Gasteiger partial charge in [-0.25, -0.2) is 10.9 Å². The van der Waals surface area contributed by atoms with E-state index in [4.69, 9.17) is 10.5 Å². The lowest BCUT2D eigenvalue weighted by Crippen LogP contribution is -2.38. The van der Waals surface area contributed by atoms with Crippen molar-refractivity contribution in [2.75, 3.05) is 6.61 Å².